The van der Waals surface area contributed by atoms with E-state index in [0.29, 0.717) is 0 Å². The van der Waals surface area contributed by atoms with Crippen LogP contribution in [0.3, 0.4) is 0 Å². The summed E-state index contributed by atoms with van der Waals surface area (Å²) in [5, 5.41) is 6.41. The van der Waals surface area contributed by atoms with Crippen LogP contribution in [0.1, 0.15) is 31.2 Å². The zero-order valence-corrected chi connectivity index (χ0v) is 9.42. The van der Waals surface area contributed by atoms with Crippen molar-refractivity contribution in [3.8, 4) is 0 Å². The molecule has 1 amide bonds. The molecule has 3 rings (SSSR count). The molecule has 1 aromatic rings. The largest absolute Gasteiger partial charge is 0.384 e. The number of fused-ring (bicyclic) bond motifs is 1. The van der Waals surface area contributed by atoms with Crippen molar-refractivity contribution in [2.45, 2.75) is 31.2 Å². The molecule has 1 aliphatic heterocycles. The van der Waals surface area contributed by atoms with Gasteiger partial charge in [-0.25, -0.2) is 0 Å². The molecular weight excluding hydrogens is 200 g/mol. The van der Waals surface area contributed by atoms with Gasteiger partial charge in [0.05, 0.1) is 5.92 Å². The fraction of sp³-hybridized carbons (Fsp3) is 0.462. The number of amides is 1. The lowest BCUT2D eigenvalue weighted by molar-refractivity contribution is -0.123. The van der Waals surface area contributed by atoms with Gasteiger partial charge in [0.1, 0.15) is 0 Å². The Morgan fingerprint density at radius 3 is 2.94 bits per heavy atom. The van der Waals surface area contributed by atoms with E-state index in [-0.39, 0.29) is 17.4 Å². The van der Waals surface area contributed by atoms with Gasteiger partial charge >= 0.3 is 0 Å². The first-order chi connectivity index (χ1) is 7.68. The SMILES string of the molecule is CC1(NC(=O)C2CNc3ccccc32)CC1. The van der Waals surface area contributed by atoms with Crippen LogP contribution in [0.5, 0.6) is 0 Å². The highest BCUT2D eigenvalue weighted by Crippen LogP contribution is 2.37. The van der Waals surface area contributed by atoms with Crippen LogP contribution >= 0.6 is 0 Å². The third-order valence-corrected chi connectivity index (χ3v) is 3.57. The molecule has 1 saturated carbocycles. The van der Waals surface area contributed by atoms with E-state index in [4.69, 9.17) is 0 Å². The molecule has 0 spiro atoms. The van der Waals surface area contributed by atoms with E-state index in [2.05, 4.69) is 17.6 Å². The number of carbonyl (C=O) groups excluding carboxylic acids is 1. The minimum absolute atomic E-state index is 0.0198. The maximum Gasteiger partial charge on any atom is 0.229 e. The second-order valence-corrected chi connectivity index (χ2v) is 5.07. The van der Waals surface area contributed by atoms with Crippen LogP contribution in [0, 0.1) is 0 Å². The van der Waals surface area contributed by atoms with E-state index in [1.54, 1.807) is 0 Å². The summed E-state index contributed by atoms with van der Waals surface area (Å²) < 4.78 is 0. The van der Waals surface area contributed by atoms with Crippen LogP contribution < -0.4 is 10.6 Å². The van der Waals surface area contributed by atoms with Gasteiger partial charge in [-0.05, 0) is 31.4 Å². The van der Waals surface area contributed by atoms with Gasteiger partial charge in [-0.15, -0.1) is 0 Å². The van der Waals surface area contributed by atoms with Gasteiger partial charge in [-0.3, -0.25) is 4.79 Å². The summed E-state index contributed by atoms with van der Waals surface area (Å²) >= 11 is 0. The Bertz CT molecular complexity index is 437. The normalized spacial score (nSPS) is 24.4. The molecule has 1 fully saturated rings. The van der Waals surface area contributed by atoms with Crippen molar-refractivity contribution in [1.82, 2.24) is 5.32 Å². The Balaban J connectivity index is 1.79. The van der Waals surface area contributed by atoms with Crippen LogP contribution in [-0.4, -0.2) is 18.0 Å². The average molecular weight is 216 g/mol. The number of hydrogen-bond acceptors (Lipinski definition) is 2. The zero-order valence-electron chi connectivity index (χ0n) is 9.42. The molecule has 1 aliphatic carbocycles. The Kier molecular flexibility index (Phi) is 1.96. The predicted molar refractivity (Wildman–Crippen MR) is 63.5 cm³/mol. The third-order valence-electron chi connectivity index (χ3n) is 3.57. The molecule has 0 bridgehead atoms. The smallest absolute Gasteiger partial charge is 0.229 e. The monoisotopic (exact) mass is 216 g/mol. The highest BCUT2D eigenvalue weighted by atomic mass is 16.2. The maximum absolute atomic E-state index is 12.1. The second-order valence-electron chi connectivity index (χ2n) is 5.07. The topological polar surface area (TPSA) is 41.1 Å². The highest BCUT2D eigenvalue weighted by Gasteiger charge is 2.41. The van der Waals surface area contributed by atoms with Crippen molar-refractivity contribution in [2.75, 3.05) is 11.9 Å². The van der Waals surface area contributed by atoms with E-state index in [9.17, 15) is 4.79 Å². The van der Waals surface area contributed by atoms with Crippen molar-refractivity contribution in [1.29, 1.82) is 0 Å². The van der Waals surface area contributed by atoms with Gasteiger partial charge in [0, 0.05) is 17.8 Å². The highest BCUT2D eigenvalue weighted by molar-refractivity contribution is 5.88. The number of anilines is 1. The lowest BCUT2D eigenvalue weighted by Gasteiger charge is -2.15. The van der Waals surface area contributed by atoms with Gasteiger partial charge in [-0.2, -0.15) is 0 Å². The number of benzene rings is 1. The van der Waals surface area contributed by atoms with E-state index in [1.165, 1.54) is 0 Å². The number of rotatable bonds is 2. The van der Waals surface area contributed by atoms with Crippen LogP contribution in [0.4, 0.5) is 5.69 Å². The lowest BCUT2D eigenvalue weighted by Crippen LogP contribution is -2.38. The zero-order chi connectivity index (χ0) is 11.2. The first-order valence-corrected chi connectivity index (χ1v) is 5.83. The molecule has 1 heterocycles. The average Bonchev–Trinajstić information content (AvgIpc) is 2.84. The minimum Gasteiger partial charge on any atom is -0.384 e. The fourth-order valence-corrected chi connectivity index (χ4v) is 2.21. The molecule has 3 heteroatoms. The van der Waals surface area contributed by atoms with Crippen molar-refractivity contribution in [3.05, 3.63) is 29.8 Å². The third kappa shape index (κ3) is 1.56. The van der Waals surface area contributed by atoms with Crippen molar-refractivity contribution in [2.24, 2.45) is 0 Å². The van der Waals surface area contributed by atoms with Crippen molar-refractivity contribution >= 4 is 11.6 Å². The summed E-state index contributed by atoms with van der Waals surface area (Å²) in [5.41, 5.74) is 2.31. The van der Waals surface area contributed by atoms with Gasteiger partial charge in [-0.1, -0.05) is 18.2 Å². The van der Waals surface area contributed by atoms with Gasteiger partial charge in [0.25, 0.3) is 0 Å². The summed E-state index contributed by atoms with van der Waals surface area (Å²) in [7, 11) is 0. The van der Waals surface area contributed by atoms with Crippen LogP contribution in [0.15, 0.2) is 24.3 Å². The molecule has 3 nitrogen and oxygen atoms in total. The predicted octanol–water partition coefficient (Wildman–Crippen LogP) is 1.86. The molecule has 1 aromatic carbocycles. The fourth-order valence-electron chi connectivity index (χ4n) is 2.21. The summed E-state index contributed by atoms with van der Waals surface area (Å²) in [6.07, 6.45) is 2.22. The van der Waals surface area contributed by atoms with E-state index in [1.807, 2.05) is 24.3 Å². The second kappa shape index (κ2) is 3.24. The summed E-state index contributed by atoms with van der Waals surface area (Å²) in [6.45, 7) is 2.83. The molecule has 2 aliphatic rings. The van der Waals surface area contributed by atoms with Crippen LogP contribution in [-0.2, 0) is 4.79 Å². The number of hydrogen-bond donors (Lipinski definition) is 2. The van der Waals surface area contributed by atoms with E-state index in [0.717, 1.165) is 30.6 Å². The Morgan fingerprint density at radius 2 is 2.19 bits per heavy atom. The molecule has 0 radical (unpaired) electrons. The van der Waals surface area contributed by atoms with Crippen LogP contribution in [0.2, 0.25) is 0 Å². The first-order valence-electron chi connectivity index (χ1n) is 5.83. The summed E-state index contributed by atoms with van der Waals surface area (Å²) in [4.78, 5) is 12.1. The maximum atomic E-state index is 12.1. The minimum atomic E-state index is -0.0198. The van der Waals surface area contributed by atoms with E-state index < -0.39 is 0 Å². The Morgan fingerprint density at radius 1 is 1.44 bits per heavy atom. The molecule has 2 N–H and O–H groups in total. The van der Waals surface area contributed by atoms with E-state index >= 15 is 0 Å². The van der Waals surface area contributed by atoms with Crippen molar-refractivity contribution < 1.29 is 4.79 Å². The summed E-state index contributed by atoms with van der Waals surface area (Å²) in [6, 6.07) is 8.05. The first kappa shape index (κ1) is 9.70. The number of nitrogens with one attached hydrogen (secondary N) is 2. The standard InChI is InChI=1S/C13H16N2O/c1-13(6-7-13)15-12(16)10-8-14-11-5-3-2-4-9(10)11/h2-5,10,14H,6-8H2,1H3,(H,15,16). The quantitative estimate of drug-likeness (QED) is 0.792. The molecule has 1 unspecified atom stereocenters. The van der Waals surface area contributed by atoms with Gasteiger partial charge in [0.15, 0.2) is 0 Å². The molecular formula is C13H16N2O. The molecule has 0 aromatic heterocycles. The number of para-hydroxylation sites is 1. The molecule has 1 atom stereocenters. The Labute approximate surface area is 95.2 Å². The molecule has 84 valence electrons. The Hall–Kier alpha value is -1.51. The van der Waals surface area contributed by atoms with Gasteiger partial charge in [0.2, 0.25) is 5.91 Å². The number of carbonyl (C=O) groups is 1. The van der Waals surface area contributed by atoms with Crippen LogP contribution in [0.25, 0.3) is 0 Å². The van der Waals surface area contributed by atoms with Crippen molar-refractivity contribution in [3.63, 3.8) is 0 Å². The lowest BCUT2D eigenvalue weighted by atomic mass is 10.00. The summed E-state index contributed by atoms with van der Waals surface area (Å²) in [5.74, 6) is 0.145. The molecule has 16 heavy (non-hydrogen) atoms. The van der Waals surface area contributed by atoms with Gasteiger partial charge < -0.3 is 10.6 Å². The molecule has 0 saturated heterocycles.